The number of carbonyl (C=O) groups excluding carboxylic acids is 1. The Bertz CT molecular complexity index is 1190. The van der Waals surface area contributed by atoms with Crippen LogP contribution in [0.15, 0.2) is 54.6 Å². The molecule has 6 nitrogen and oxygen atoms in total. The maximum atomic E-state index is 12.9. The van der Waals surface area contributed by atoms with Gasteiger partial charge >= 0.3 is 6.03 Å². The molecule has 4 rings (SSSR count). The molecule has 0 atom stereocenters. The number of rotatable bonds is 3. The molecule has 2 amide bonds. The Hall–Kier alpha value is -3.85. The van der Waals surface area contributed by atoms with Crippen LogP contribution >= 0.6 is 0 Å². The quantitative estimate of drug-likeness (QED) is 0.656. The first kappa shape index (κ1) is 20.4. The lowest BCUT2D eigenvalue weighted by Crippen LogP contribution is -2.41. The van der Waals surface area contributed by atoms with Crippen LogP contribution in [0.1, 0.15) is 36.2 Å². The van der Waals surface area contributed by atoms with Gasteiger partial charge in [0.25, 0.3) is 0 Å². The average molecular weight is 412 g/mol. The third-order valence-corrected chi connectivity index (χ3v) is 5.62. The minimum atomic E-state index is -0.290. The molecule has 2 N–H and O–H groups in total. The number of fused-ring (bicyclic) bond motifs is 1. The lowest BCUT2D eigenvalue weighted by Gasteiger charge is -2.20. The first-order valence-electron chi connectivity index (χ1n) is 10.1. The van der Waals surface area contributed by atoms with Gasteiger partial charge < -0.3 is 10.4 Å². The van der Waals surface area contributed by atoms with Gasteiger partial charge in [-0.3, -0.25) is 4.90 Å². The van der Waals surface area contributed by atoms with Crippen LogP contribution in [0.2, 0.25) is 0 Å². The molecule has 0 radical (unpaired) electrons. The molecule has 0 spiro atoms. The van der Waals surface area contributed by atoms with Crippen LogP contribution < -0.4 is 10.2 Å². The number of nitrogens with one attached hydrogen (secondary N) is 1. The summed E-state index contributed by atoms with van der Waals surface area (Å²) in [6.45, 7) is 7.03. The van der Waals surface area contributed by atoms with E-state index in [0.717, 1.165) is 33.8 Å². The van der Waals surface area contributed by atoms with Crippen molar-refractivity contribution in [2.24, 2.45) is 0 Å². The number of amides is 2. The third-order valence-electron chi connectivity index (χ3n) is 5.62. The number of nitriles is 1. The van der Waals surface area contributed by atoms with Gasteiger partial charge in [0.2, 0.25) is 0 Å². The van der Waals surface area contributed by atoms with Crippen molar-refractivity contribution in [1.82, 2.24) is 10.3 Å². The molecule has 1 aromatic heterocycles. The van der Waals surface area contributed by atoms with Gasteiger partial charge in [-0.25, -0.2) is 9.78 Å². The normalized spacial score (nSPS) is 14.1. The van der Waals surface area contributed by atoms with Crippen molar-refractivity contribution < 1.29 is 9.90 Å². The highest BCUT2D eigenvalue weighted by molar-refractivity contribution is 5.95. The van der Waals surface area contributed by atoms with E-state index in [4.69, 9.17) is 10.2 Å². The number of phenols is 1. The van der Waals surface area contributed by atoms with Crippen LogP contribution in [-0.2, 0) is 12.0 Å². The SMILES string of the molecule is Cc1cc(O)ccc1-c1ccc2c(n1)C(C)(C)CN2C(=O)NCc1ccc(C#N)cc1. The predicted octanol–water partition coefficient (Wildman–Crippen LogP) is 4.64. The number of anilines is 1. The van der Waals surface area contributed by atoms with Crippen molar-refractivity contribution in [3.63, 3.8) is 0 Å². The van der Waals surface area contributed by atoms with Gasteiger partial charge in [-0.1, -0.05) is 26.0 Å². The molecule has 0 saturated carbocycles. The number of aromatic nitrogens is 1. The van der Waals surface area contributed by atoms with E-state index < -0.39 is 0 Å². The van der Waals surface area contributed by atoms with Crippen LogP contribution in [-0.4, -0.2) is 22.7 Å². The summed E-state index contributed by atoms with van der Waals surface area (Å²) in [4.78, 5) is 19.6. The van der Waals surface area contributed by atoms with E-state index in [-0.39, 0.29) is 17.2 Å². The molecular formula is C25H24N4O2. The molecule has 156 valence electrons. The summed E-state index contributed by atoms with van der Waals surface area (Å²) < 4.78 is 0. The van der Waals surface area contributed by atoms with Gasteiger partial charge in [0.05, 0.1) is 28.7 Å². The van der Waals surface area contributed by atoms with E-state index >= 15 is 0 Å². The number of aromatic hydroxyl groups is 1. The Morgan fingerprint density at radius 2 is 1.94 bits per heavy atom. The molecule has 6 heteroatoms. The summed E-state index contributed by atoms with van der Waals surface area (Å²) in [5.74, 6) is 0.229. The van der Waals surface area contributed by atoms with Gasteiger partial charge in [0.15, 0.2) is 0 Å². The maximum Gasteiger partial charge on any atom is 0.322 e. The molecule has 0 fully saturated rings. The van der Waals surface area contributed by atoms with Crippen molar-refractivity contribution in [2.75, 3.05) is 11.4 Å². The third kappa shape index (κ3) is 3.95. The maximum absolute atomic E-state index is 12.9. The fourth-order valence-electron chi connectivity index (χ4n) is 3.96. The number of nitrogens with zero attached hydrogens (tertiary/aromatic N) is 3. The lowest BCUT2D eigenvalue weighted by atomic mass is 9.91. The van der Waals surface area contributed by atoms with Crippen LogP contribution in [0.5, 0.6) is 5.75 Å². The monoisotopic (exact) mass is 412 g/mol. The van der Waals surface area contributed by atoms with Crippen molar-refractivity contribution in [1.29, 1.82) is 5.26 Å². The number of pyridine rings is 1. The van der Waals surface area contributed by atoms with Gasteiger partial charge in [-0.2, -0.15) is 5.26 Å². The second kappa shape index (κ2) is 7.77. The molecule has 0 unspecified atom stereocenters. The molecule has 2 aromatic carbocycles. The topological polar surface area (TPSA) is 89.2 Å². The molecule has 1 aliphatic heterocycles. The fraction of sp³-hybridized carbons (Fsp3) is 0.240. The van der Waals surface area contributed by atoms with Gasteiger partial charge in [-0.05, 0) is 60.5 Å². The predicted molar refractivity (Wildman–Crippen MR) is 120 cm³/mol. The summed E-state index contributed by atoms with van der Waals surface area (Å²) in [7, 11) is 0. The van der Waals surface area contributed by atoms with E-state index in [1.807, 2.05) is 37.3 Å². The second-order valence-electron chi connectivity index (χ2n) is 8.50. The Kier molecular flexibility index (Phi) is 5.12. The van der Waals surface area contributed by atoms with Crippen LogP contribution in [0.4, 0.5) is 10.5 Å². The van der Waals surface area contributed by atoms with Crippen LogP contribution in [0.25, 0.3) is 11.3 Å². The Labute approximate surface area is 181 Å². The fourth-order valence-corrected chi connectivity index (χ4v) is 3.96. The van der Waals surface area contributed by atoms with Crippen molar-refractivity contribution in [2.45, 2.75) is 32.7 Å². The van der Waals surface area contributed by atoms with Crippen molar-refractivity contribution in [3.05, 3.63) is 77.0 Å². The average Bonchev–Trinajstić information content (AvgIpc) is 3.03. The van der Waals surface area contributed by atoms with Gasteiger partial charge in [0.1, 0.15) is 5.75 Å². The Morgan fingerprint density at radius 3 is 2.61 bits per heavy atom. The number of hydrogen-bond donors (Lipinski definition) is 2. The minimum Gasteiger partial charge on any atom is -0.508 e. The molecular weight excluding hydrogens is 388 g/mol. The highest BCUT2D eigenvalue weighted by Gasteiger charge is 2.39. The summed E-state index contributed by atoms with van der Waals surface area (Å²) in [5, 5.41) is 21.6. The number of phenolic OH excluding ortho intramolecular Hbond substituents is 1. The summed E-state index contributed by atoms with van der Waals surface area (Å²) >= 11 is 0. The summed E-state index contributed by atoms with van der Waals surface area (Å²) in [5.41, 5.74) is 5.65. The van der Waals surface area contributed by atoms with E-state index in [1.54, 1.807) is 29.2 Å². The molecule has 31 heavy (non-hydrogen) atoms. The molecule has 0 saturated heterocycles. The highest BCUT2D eigenvalue weighted by atomic mass is 16.3. The number of benzene rings is 2. The van der Waals surface area contributed by atoms with E-state index in [0.29, 0.717) is 18.7 Å². The molecule has 3 aromatic rings. The van der Waals surface area contributed by atoms with Crippen molar-refractivity contribution in [3.8, 4) is 23.1 Å². The Balaban J connectivity index is 1.57. The van der Waals surface area contributed by atoms with Gasteiger partial charge in [-0.15, -0.1) is 0 Å². The number of urea groups is 1. The summed E-state index contributed by atoms with van der Waals surface area (Å²) in [6.07, 6.45) is 0. The van der Waals surface area contributed by atoms with E-state index in [9.17, 15) is 9.90 Å². The molecule has 0 aliphatic carbocycles. The zero-order valence-electron chi connectivity index (χ0n) is 17.8. The van der Waals surface area contributed by atoms with Crippen LogP contribution in [0, 0.1) is 18.3 Å². The van der Waals surface area contributed by atoms with E-state index in [1.165, 1.54) is 0 Å². The highest BCUT2D eigenvalue weighted by Crippen LogP contribution is 2.40. The first-order chi connectivity index (χ1) is 14.8. The largest absolute Gasteiger partial charge is 0.508 e. The smallest absolute Gasteiger partial charge is 0.322 e. The molecule has 0 bridgehead atoms. The van der Waals surface area contributed by atoms with E-state index in [2.05, 4.69) is 25.2 Å². The Morgan fingerprint density at radius 1 is 1.19 bits per heavy atom. The molecule has 2 heterocycles. The first-order valence-corrected chi connectivity index (χ1v) is 10.1. The number of carbonyl (C=O) groups is 1. The molecule has 1 aliphatic rings. The zero-order chi connectivity index (χ0) is 22.2. The lowest BCUT2D eigenvalue weighted by molar-refractivity contribution is 0.245. The zero-order valence-corrected chi connectivity index (χ0v) is 17.8. The van der Waals surface area contributed by atoms with Crippen LogP contribution in [0.3, 0.4) is 0 Å². The van der Waals surface area contributed by atoms with Gasteiger partial charge in [0, 0.05) is 24.1 Å². The second-order valence-corrected chi connectivity index (χ2v) is 8.50. The minimum absolute atomic E-state index is 0.174. The van der Waals surface area contributed by atoms with Crippen molar-refractivity contribution >= 4 is 11.7 Å². The standard InChI is InChI=1S/C25H24N4O2/c1-16-12-19(30)8-9-20(16)21-10-11-22-23(28-21)25(2,3)15-29(22)24(31)27-14-18-6-4-17(13-26)5-7-18/h4-12,30H,14-15H2,1-3H3,(H,27,31). The number of hydrogen-bond acceptors (Lipinski definition) is 4. The number of aryl methyl sites for hydroxylation is 1. The summed E-state index contributed by atoms with van der Waals surface area (Å²) in [6, 6.07) is 18.2.